The van der Waals surface area contributed by atoms with Crippen molar-refractivity contribution in [2.45, 2.75) is 37.8 Å². The van der Waals surface area contributed by atoms with Crippen molar-refractivity contribution in [1.82, 2.24) is 9.88 Å². The van der Waals surface area contributed by atoms with Crippen LogP contribution in [0, 0.1) is 18.6 Å². The normalized spacial score (nSPS) is 16.4. The highest BCUT2D eigenvalue weighted by Gasteiger charge is 2.46. The number of carbonyl (C=O) groups is 2. The fourth-order valence-electron chi connectivity index (χ4n) is 4.92. The topological polar surface area (TPSA) is 101 Å². The number of alkyl halides is 6. The molecule has 1 aromatic heterocycles. The second-order valence-corrected chi connectivity index (χ2v) is 10.3. The Morgan fingerprint density at radius 1 is 1.04 bits per heavy atom. The number of hydrogen-bond acceptors (Lipinski definition) is 5. The number of aromatic nitrogens is 1. The fourth-order valence-corrected chi connectivity index (χ4v) is 4.92. The molecule has 2 aromatic carbocycles. The van der Waals surface area contributed by atoms with Gasteiger partial charge in [-0.2, -0.15) is 26.3 Å². The summed E-state index contributed by atoms with van der Waals surface area (Å²) in [7, 11) is 1.30. The molecule has 0 aliphatic carbocycles. The first-order valence-corrected chi connectivity index (χ1v) is 13.2. The minimum atomic E-state index is -4.85. The third-order valence-electron chi connectivity index (χ3n) is 7.35. The van der Waals surface area contributed by atoms with Crippen LogP contribution in [-0.2, 0) is 29.2 Å². The predicted octanol–water partition coefficient (Wildman–Crippen LogP) is 4.85. The molecule has 0 saturated carbocycles. The Balaban J connectivity index is 1.56. The van der Waals surface area contributed by atoms with Crippen LogP contribution < -0.4 is 15.8 Å². The van der Waals surface area contributed by atoms with Gasteiger partial charge in [0, 0.05) is 31.4 Å². The van der Waals surface area contributed by atoms with Crippen LogP contribution >= 0.6 is 0 Å². The average molecular weight is 648 g/mol. The molecule has 45 heavy (non-hydrogen) atoms. The molecule has 16 heteroatoms. The number of nitrogens with one attached hydrogen (secondary N) is 1. The lowest BCUT2D eigenvalue weighted by molar-refractivity contribution is -0.167. The SMILES string of the molecule is Cc1cc(C(F)(F)F)c(-c2ccc(CC(NC(=O)c3c(F)cc(N4CCOC[C@@H]4C(F)(F)F)cc3F)C(=O)O)cc2)c(=O)n1C. The monoisotopic (exact) mass is 647 g/mol. The van der Waals surface area contributed by atoms with Gasteiger partial charge in [0.1, 0.15) is 29.3 Å². The molecule has 1 aliphatic heterocycles. The van der Waals surface area contributed by atoms with Crippen molar-refractivity contribution in [1.29, 1.82) is 0 Å². The van der Waals surface area contributed by atoms with Gasteiger partial charge < -0.3 is 24.6 Å². The number of anilines is 1. The molecule has 3 aromatic rings. The largest absolute Gasteiger partial charge is 0.480 e. The van der Waals surface area contributed by atoms with Gasteiger partial charge in [-0.1, -0.05) is 24.3 Å². The van der Waals surface area contributed by atoms with Gasteiger partial charge >= 0.3 is 18.3 Å². The van der Waals surface area contributed by atoms with E-state index >= 15 is 0 Å². The zero-order valence-corrected chi connectivity index (χ0v) is 23.5. The summed E-state index contributed by atoms with van der Waals surface area (Å²) in [5, 5.41) is 11.6. The highest BCUT2D eigenvalue weighted by atomic mass is 19.4. The summed E-state index contributed by atoms with van der Waals surface area (Å²) >= 11 is 0. The number of morpholine rings is 1. The molecular weight excluding hydrogens is 622 g/mol. The minimum Gasteiger partial charge on any atom is -0.480 e. The Hall–Kier alpha value is -4.47. The van der Waals surface area contributed by atoms with E-state index in [4.69, 9.17) is 4.74 Å². The Bertz CT molecular complexity index is 1650. The lowest BCUT2D eigenvalue weighted by Gasteiger charge is -2.38. The van der Waals surface area contributed by atoms with Crippen molar-refractivity contribution < 1.29 is 54.6 Å². The second-order valence-electron chi connectivity index (χ2n) is 10.3. The molecule has 0 radical (unpaired) electrons. The van der Waals surface area contributed by atoms with Crippen molar-refractivity contribution in [2.75, 3.05) is 24.7 Å². The Morgan fingerprint density at radius 2 is 1.64 bits per heavy atom. The van der Waals surface area contributed by atoms with Gasteiger partial charge in [0.15, 0.2) is 0 Å². The van der Waals surface area contributed by atoms with Gasteiger partial charge in [-0.3, -0.25) is 9.59 Å². The third-order valence-corrected chi connectivity index (χ3v) is 7.35. The van der Waals surface area contributed by atoms with Crippen LogP contribution in [0.5, 0.6) is 0 Å². The van der Waals surface area contributed by atoms with Crippen molar-refractivity contribution in [3.8, 4) is 11.1 Å². The van der Waals surface area contributed by atoms with Gasteiger partial charge in [0.25, 0.3) is 11.5 Å². The van der Waals surface area contributed by atoms with E-state index in [1.807, 2.05) is 5.32 Å². The van der Waals surface area contributed by atoms with E-state index in [2.05, 4.69) is 0 Å². The summed E-state index contributed by atoms with van der Waals surface area (Å²) < 4.78 is 117. The van der Waals surface area contributed by atoms with Crippen LogP contribution in [0.3, 0.4) is 0 Å². The first kappa shape index (κ1) is 33.4. The summed E-state index contributed by atoms with van der Waals surface area (Å²) in [6.45, 7) is 0.0691. The molecule has 1 aliphatic rings. The number of benzene rings is 2. The summed E-state index contributed by atoms with van der Waals surface area (Å²) in [6.07, 6.45) is -10.1. The highest BCUT2D eigenvalue weighted by molar-refractivity contribution is 5.97. The molecule has 1 saturated heterocycles. The number of hydrogen-bond donors (Lipinski definition) is 2. The summed E-state index contributed by atoms with van der Waals surface area (Å²) in [5.74, 6) is -6.21. The molecule has 2 N–H and O–H groups in total. The Morgan fingerprint density at radius 3 is 2.18 bits per heavy atom. The number of aliphatic carboxylic acids is 1. The van der Waals surface area contributed by atoms with Crippen LogP contribution in [0.4, 0.5) is 40.8 Å². The number of halogens is 8. The van der Waals surface area contributed by atoms with E-state index in [1.165, 1.54) is 26.1 Å². The number of amides is 1. The molecule has 0 bridgehead atoms. The van der Waals surface area contributed by atoms with E-state index in [-0.39, 0.29) is 30.0 Å². The first-order chi connectivity index (χ1) is 20.9. The van der Waals surface area contributed by atoms with E-state index in [1.54, 1.807) is 0 Å². The van der Waals surface area contributed by atoms with Crippen molar-refractivity contribution in [3.05, 3.63) is 86.8 Å². The number of carbonyl (C=O) groups excluding carboxylic acids is 1. The van der Waals surface area contributed by atoms with Gasteiger partial charge in [0.05, 0.1) is 24.3 Å². The fraction of sp³-hybridized carbons (Fsp3) is 0.345. The van der Waals surface area contributed by atoms with Crippen LogP contribution in [0.2, 0.25) is 0 Å². The lowest BCUT2D eigenvalue weighted by Crippen LogP contribution is -2.53. The quantitative estimate of drug-likeness (QED) is 0.356. The number of ether oxygens (including phenoxy) is 1. The zero-order valence-electron chi connectivity index (χ0n) is 23.5. The van der Waals surface area contributed by atoms with Gasteiger partial charge in [0.2, 0.25) is 0 Å². The molecular formula is C29H25F8N3O5. The van der Waals surface area contributed by atoms with Crippen molar-refractivity contribution >= 4 is 17.6 Å². The summed E-state index contributed by atoms with van der Waals surface area (Å²) in [5.41, 5.74) is -4.30. The smallest absolute Gasteiger partial charge is 0.417 e. The van der Waals surface area contributed by atoms with Crippen LogP contribution in [-0.4, -0.2) is 59.6 Å². The molecule has 1 fully saturated rings. The number of aryl methyl sites for hydroxylation is 1. The molecule has 242 valence electrons. The molecule has 2 heterocycles. The predicted molar refractivity (Wildman–Crippen MR) is 144 cm³/mol. The maximum Gasteiger partial charge on any atom is 0.417 e. The third kappa shape index (κ3) is 7.10. The molecule has 4 rings (SSSR count). The number of carboxylic acids is 1. The molecule has 1 amide bonds. The Labute approximate surface area is 249 Å². The first-order valence-electron chi connectivity index (χ1n) is 13.2. The second kappa shape index (κ2) is 12.5. The van der Waals surface area contributed by atoms with E-state index in [9.17, 15) is 54.6 Å². The molecule has 8 nitrogen and oxygen atoms in total. The number of pyridine rings is 1. The van der Waals surface area contributed by atoms with Gasteiger partial charge in [-0.25, -0.2) is 13.6 Å². The van der Waals surface area contributed by atoms with Gasteiger partial charge in [-0.15, -0.1) is 0 Å². The van der Waals surface area contributed by atoms with Gasteiger partial charge in [-0.05, 0) is 36.2 Å². The molecule has 2 atom stereocenters. The number of carboxylic acid groups (broad SMARTS) is 1. The Kier molecular flexibility index (Phi) is 9.28. The molecule has 0 spiro atoms. The highest BCUT2D eigenvalue weighted by Crippen LogP contribution is 2.36. The molecule has 1 unspecified atom stereocenters. The minimum absolute atomic E-state index is 0.0712. The van der Waals surface area contributed by atoms with E-state index in [0.717, 1.165) is 22.8 Å². The number of nitrogens with zero attached hydrogens (tertiary/aromatic N) is 2. The summed E-state index contributed by atoms with van der Waals surface area (Å²) in [4.78, 5) is 38.0. The zero-order chi connectivity index (χ0) is 33.4. The van der Waals surface area contributed by atoms with Crippen LogP contribution in [0.15, 0.2) is 47.3 Å². The van der Waals surface area contributed by atoms with Crippen molar-refractivity contribution in [2.24, 2.45) is 7.05 Å². The summed E-state index contributed by atoms with van der Waals surface area (Å²) in [6, 6.07) is 2.68. The van der Waals surface area contributed by atoms with E-state index in [0.29, 0.717) is 17.0 Å². The van der Waals surface area contributed by atoms with E-state index < -0.39 is 88.9 Å². The van der Waals surface area contributed by atoms with Crippen LogP contribution in [0.1, 0.15) is 27.2 Å². The maximum atomic E-state index is 14.9. The maximum absolute atomic E-state index is 14.9. The van der Waals surface area contributed by atoms with Crippen LogP contribution in [0.25, 0.3) is 11.1 Å². The standard InChI is InChI=1S/C29H25F8N3O5/c1-14-9-18(28(32,33)34)23(26(42)39(14)2)16-5-3-15(4-6-16)10-21(27(43)44)38-25(41)24-19(30)11-17(12-20(24)31)40-7-8-45-13-22(40)29(35,36)37/h3-6,9,11-12,21-22H,7-8,10,13H2,1-2H3,(H,38,41)(H,43,44)/t21?,22-/m1/s1. The number of rotatable bonds is 7. The van der Waals surface area contributed by atoms with Crippen molar-refractivity contribution in [3.63, 3.8) is 0 Å². The average Bonchev–Trinajstić information content (AvgIpc) is 2.94. The lowest BCUT2D eigenvalue weighted by atomic mass is 9.97.